The van der Waals surface area contributed by atoms with Gasteiger partial charge >= 0.3 is 5.97 Å². The minimum Gasteiger partial charge on any atom is -0.481 e. The first-order valence-corrected chi connectivity index (χ1v) is 6.63. The first-order valence-electron chi connectivity index (χ1n) is 6.63. The summed E-state index contributed by atoms with van der Waals surface area (Å²) >= 11 is 0. The van der Waals surface area contributed by atoms with Gasteiger partial charge < -0.3 is 5.11 Å². The Morgan fingerprint density at radius 2 is 2.06 bits per heavy atom. The zero-order chi connectivity index (χ0) is 12.0. The molecule has 1 aliphatic heterocycles. The lowest BCUT2D eigenvalue weighted by Gasteiger charge is -2.37. The standard InChI is InChI=1S/C13H25NO2/c1-3-11(4-2)10-14-8-6-5-7-12(14)9-13(15)16/h11-12H,3-10H2,1-2H3,(H,15,16). The molecule has 0 aromatic rings. The lowest BCUT2D eigenvalue weighted by molar-refractivity contribution is -0.138. The summed E-state index contributed by atoms with van der Waals surface area (Å²) in [5.74, 6) is 0.0795. The van der Waals surface area contributed by atoms with E-state index >= 15 is 0 Å². The predicted molar refractivity (Wildman–Crippen MR) is 65.5 cm³/mol. The minimum absolute atomic E-state index is 0.284. The number of piperidine rings is 1. The fourth-order valence-electron chi connectivity index (χ4n) is 2.61. The van der Waals surface area contributed by atoms with Crippen LogP contribution in [0.1, 0.15) is 52.4 Å². The van der Waals surface area contributed by atoms with Crippen LogP contribution in [-0.2, 0) is 4.79 Å². The van der Waals surface area contributed by atoms with Crippen molar-refractivity contribution < 1.29 is 9.90 Å². The Morgan fingerprint density at radius 3 is 2.62 bits per heavy atom. The second kappa shape index (κ2) is 6.89. The van der Waals surface area contributed by atoms with Crippen LogP contribution in [0.5, 0.6) is 0 Å². The maximum atomic E-state index is 10.8. The third-order valence-electron chi connectivity index (χ3n) is 3.81. The highest BCUT2D eigenvalue weighted by molar-refractivity contribution is 5.67. The number of carboxylic acid groups (broad SMARTS) is 1. The quantitative estimate of drug-likeness (QED) is 0.758. The van der Waals surface area contributed by atoms with Crippen LogP contribution in [0.3, 0.4) is 0 Å². The van der Waals surface area contributed by atoms with E-state index in [1.807, 2.05) is 0 Å². The topological polar surface area (TPSA) is 40.5 Å². The highest BCUT2D eigenvalue weighted by Crippen LogP contribution is 2.22. The van der Waals surface area contributed by atoms with Crippen molar-refractivity contribution in [3.63, 3.8) is 0 Å². The molecule has 1 aliphatic rings. The number of carbonyl (C=O) groups is 1. The molecule has 1 N–H and O–H groups in total. The van der Waals surface area contributed by atoms with Gasteiger partial charge in [-0.15, -0.1) is 0 Å². The fourth-order valence-corrected chi connectivity index (χ4v) is 2.61. The van der Waals surface area contributed by atoms with Crippen LogP contribution in [0.2, 0.25) is 0 Å². The van der Waals surface area contributed by atoms with Gasteiger partial charge in [-0.1, -0.05) is 33.1 Å². The molecule has 0 spiro atoms. The van der Waals surface area contributed by atoms with E-state index in [1.54, 1.807) is 0 Å². The van der Waals surface area contributed by atoms with Crippen LogP contribution < -0.4 is 0 Å². The Labute approximate surface area is 98.8 Å². The summed E-state index contributed by atoms with van der Waals surface area (Å²) in [5, 5.41) is 8.91. The third kappa shape index (κ3) is 4.12. The van der Waals surface area contributed by atoms with Crippen molar-refractivity contribution >= 4 is 5.97 Å². The Balaban J connectivity index is 2.48. The summed E-state index contributed by atoms with van der Waals surface area (Å²) in [6.45, 7) is 6.63. The van der Waals surface area contributed by atoms with Crippen molar-refractivity contribution in [1.82, 2.24) is 4.90 Å². The first-order chi connectivity index (χ1) is 7.67. The van der Waals surface area contributed by atoms with Crippen molar-refractivity contribution in [1.29, 1.82) is 0 Å². The lowest BCUT2D eigenvalue weighted by atomic mass is 9.95. The molecule has 0 aromatic carbocycles. The summed E-state index contributed by atoms with van der Waals surface area (Å²) in [5.41, 5.74) is 0. The molecule has 1 heterocycles. The molecule has 16 heavy (non-hydrogen) atoms. The maximum Gasteiger partial charge on any atom is 0.304 e. The van der Waals surface area contributed by atoms with Gasteiger partial charge in [0.25, 0.3) is 0 Å². The van der Waals surface area contributed by atoms with Gasteiger partial charge in [0, 0.05) is 12.6 Å². The largest absolute Gasteiger partial charge is 0.481 e. The molecule has 1 unspecified atom stereocenters. The molecule has 1 saturated heterocycles. The van der Waals surface area contributed by atoms with Crippen LogP contribution in [0, 0.1) is 5.92 Å². The maximum absolute atomic E-state index is 10.8. The smallest absolute Gasteiger partial charge is 0.304 e. The molecule has 0 bridgehead atoms. The van der Waals surface area contributed by atoms with Gasteiger partial charge in [-0.2, -0.15) is 0 Å². The molecule has 0 saturated carbocycles. The van der Waals surface area contributed by atoms with Crippen LogP contribution >= 0.6 is 0 Å². The van der Waals surface area contributed by atoms with E-state index < -0.39 is 5.97 Å². The second-order valence-corrected chi connectivity index (χ2v) is 4.92. The second-order valence-electron chi connectivity index (χ2n) is 4.92. The highest BCUT2D eigenvalue weighted by Gasteiger charge is 2.25. The van der Waals surface area contributed by atoms with Gasteiger partial charge in [0.2, 0.25) is 0 Å². The van der Waals surface area contributed by atoms with Gasteiger partial charge in [-0.05, 0) is 25.3 Å². The van der Waals surface area contributed by atoms with Crippen molar-refractivity contribution in [2.45, 2.75) is 58.4 Å². The molecule has 0 aliphatic carbocycles. The molecule has 3 nitrogen and oxygen atoms in total. The normalized spacial score (nSPS) is 22.6. The van der Waals surface area contributed by atoms with E-state index in [2.05, 4.69) is 18.7 Å². The molecule has 0 amide bonds. The highest BCUT2D eigenvalue weighted by atomic mass is 16.4. The number of hydrogen-bond acceptors (Lipinski definition) is 2. The first kappa shape index (κ1) is 13.5. The average Bonchev–Trinajstić information content (AvgIpc) is 2.27. The van der Waals surface area contributed by atoms with E-state index in [0.717, 1.165) is 25.4 Å². The lowest BCUT2D eigenvalue weighted by Crippen LogP contribution is -2.43. The third-order valence-corrected chi connectivity index (χ3v) is 3.81. The summed E-state index contributed by atoms with van der Waals surface area (Å²) < 4.78 is 0. The van der Waals surface area contributed by atoms with E-state index in [-0.39, 0.29) is 6.04 Å². The minimum atomic E-state index is -0.651. The summed E-state index contributed by atoms with van der Waals surface area (Å²) in [4.78, 5) is 13.2. The molecule has 1 atom stereocenters. The number of rotatable bonds is 6. The SMILES string of the molecule is CCC(CC)CN1CCCCC1CC(=O)O. The van der Waals surface area contributed by atoms with Crippen LogP contribution in [-0.4, -0.2) is 35.1 Å². The molecule has 3 heteroatoms. The van der Waals surface area contributed by atoms with E-state index in [9.17, 15) is 4.79 Å². The zero-order valence-corrected chi connectivity index (χ0v) is 10.6. The Hall–Kier alpha value is -0.570. The molecular formula is C13H25NO2. The zero-order valence-electron chi connectivity index (χ0n) is 10.6. The molecular weight excluding hydrogens is 202 g/mol. The van der Waals surface area contributed by atoms with Gasteiger partial charge in [-0.25, -0.2) is 0 Å². The van der Waals surface area contributed by atoms with Gasteiger partial charge in [0.05, 0.1) is 6.42 Å². The summed E-state index contributed by atoms with van der Waals surface area (Å²) in [7, 11) is 0. The van der Waals surface area contributed by atoms with Crippen molar-refractivity contribution in [3.05, 3.63) is 0 Å². The van der Waals surface area contributed by atoms with Crippen LogP contribution in [0.25, 0.3) is 0 Å². The fraction of sp³-hybridized carbons (Fsp3) is 0.923. The van der Waals surface area contributed by atoms with Crippen LogP contribution in [0.4, 0.5) is 0 Å². The average molecular weight is 227 g/mol. The summed E-state index contributed by atoms with van der Waals surface area (Å²) in [6, 6.07) is 0.284. The monoisotopic (exact) mass is 227 g/mol. The van der Waals surface area contributed by atoms with E-state index in [0.29, 0.717) is 6.42 Å². The van der Waals surface area contributed by atoms with Gasteiger partial charge in [-0.3, -0.25) is 9.69 Å². The van der Waals surface area contributed by atoms with Crippen LogP contribution in [0.15, 0.2) is 0 Å². The number of carboxylic acids is 1. The van der Waals surface area contributed by atoms with Gasteiger partial charge in [0.1, 0.15) is 0 Å². The number of likely N-dealkylation sites (tertiary alicyclic amines) is 1. The molecule has 0 radical (unpaired) electrons. The molecule has 1 fully saturated rings. The Kier molecular flexibility index (Phi) is 5.81. The Morgan fingerprint density at radius 1 is 1.38 bits per heavy atom. The molecule has 0 aromatic heterocycles. The van der Waals surface area contributed by atoms with Crippen molar-refractivity contribution in [3.8, 4) is 0 Å². The number of aliphatic carboxylic acids is 1. The molecule has 1 rings (SSSR count). The van der Waals surface area contributed by atoms with Crippen molar-refractivity contribution in [2.75, 3.05) is 13.1 Å². The molecule has 94 valence electrons. The summed E-state index contributed by atoms with van der Waals surface area (Å²) in [6.07, 6.45) is 6.21. The van der Waals surface area contributed by atoms with Gasteiger partial charge in [0.15, 0.2) is 0 Å². The predicted octanol–water partition coefficient (Wildman–Crippen LogP) is 2.75. The van der Waals surface area contributed by atoms with E-state index in [4.69, 9.17) is 5.11 Å². The van der Waals surface area contributed by atoms with E-state index in [1.165, 1.54) is 25.7 Å². The van der Waals surface area contributed by atoms with Crippen molar-refractivity contribution in [2.24, 2.45) is 5.92 Å². The Bertz CT molecular complexity index is 214. The number of hydrogen-bond donors (Lipinski definition) is 1. The number of nitrogens with zero attached hydrogens (tertiary/aromatic N) is 1.